The maximum Gasteiger partial charge on any atom is 0.490 e. The number of carbonyl (C=O) groups is 1. The van der Waals surface area contributed by atoms with Gasteiger partial charge in [0.2, 0.25) is 0 Å². The van der Waals surface area contributed by atoms with Crippen molar-refractivity contribution in [2.24, 2.45) is 5.73 Å². The van der Waals surface area contributed by atoms with E-state index in [1.54, 1.807) is 24.3 Å². The lowest BCUT2D eigenvalue weighted by molar-refractivity contribution is -0.192. The molecule has 0 aromatic heterocycles. The quantitative estimate of drug-likeness (QED) is 0.493. The summed E-state index contributed by atoms with van der Waals surface area (Å²) in [6, 6.07) is 14.7. The van der Waals surface area contributed by atoms with Gasteiger partial charge in [-0.15, -0.1) is 0 Å². The van der Waals surface area contributed by atoms with Gasteiger partial charge in [-0.1, -0.05) is 24.3 Å². The molecule has 0 atom stereocenters. The van der Waals surface area contributed by atoms with Crippen molar-refractivity contribution in [3.63, 3.8) is 0 Å². The third-order valence-corrected chi connectivity index (χ3v) is 3.86. The van der Waals surface area contributed by atoms with Gasteiger partial charge in [0.15, 0.2) is 0 Å². The summed E-state index contributed by atoms with van der Waals surface area (Å²) in [4.78, 5) is 11.3. The number of nitrogens with zero attached hydrogens (tertiary/aromatic N) is 1. The molecule has 0 bridgehead atoms. The summed E-state index contributed by atoms with van der Waals surface area (Å²) in [6.45, 7) is 3.34. The lowest BCUT2D eigenvalue weighted by Crippen LogP contribution is -2.24. The molecule has 0 saturated heterocycles. The van der Waals surface area contributed by atoms with E-state index in [-0.39, 0.29) is 11.5 Å². The fourth-order valence-corrected chi connectivity index (χ4v) is 2.41. The van der Waals surface area contributed by atoms with Crippen LogP contribution in [0.4, 0.5) is 13.2 Å². The Bertz CT molecular complexity index is 687. The molecule has 2 aromatic rings. The number of phenols is 2. The number of rotatable bonds is 8. The smallest absolute Gasteiger partial charge is 0.490 e. The fourth-order valence-electron chi connectivity index (χ4n) is 2.41. The number of aliphatic carboxylic acids is 1. The molecule has 2 rings (SSSR count). The molecule has 0 saturated carbocycles. The Morgan fingerprint density at radius 1 is 0.862 bits per heavy atom. The highest BCUT2D eigenvalue weighted by molar-refractivity contribution is 5.73. The average molecular weight is 414 g/mol. The number of benzene rings is 2. The molecule has 9 heteroatoms. The SMILES string of the molecule is NCCCCN(Cc1ccc(O)cc1)Cc1ccc(O)cc1.O=C(O)C(F)(F)F. The Balaban J connectivity index is 0.000000516. The van der Waals surface area contributed by atoms with E-state index < -0.39 is 12.1 Å². The number of alkyl halides is 3. The minimum absolute atomic E-state index is 0.289. The Morgan fingerprint density at radius 2 is 1.24 bits per heavy atom. The van der Waals surface area contributed by atoms with Gasteiger partial charge in [-0.2, -0.15) is 13.2 Å². The third kappa shape index (κ3) is 10.4. The van der Waals surface area contributed by atoms with Crippen LogP contribution in [0.5, 0.6) is 11.5 Å². The molecule has 0 unspecified atom stereocenters. The first kappa shape index (κ1) is 24.3. The molecule has 0 heterocycles. The molecule has 160 valence electrons. The van der Waals surface area contributed by atoms with Crippen molar-refractivity contribution in [3.05, 3.63) is 59.7 Å². The summed E-state index contributed by atoms with van der Waals surface area (Å²) in [5, 5.41) is 25.9. The zero-order chi connectivity index (χ0) is 21.9. The number of halogens is 3. The predicted molar refractivity (Wildman–Crippen MR) is 102 cm³/mol. The second-order valence-corrected chi connectivity index (χ2v) is 6.34. The first-order valence-electron chi connectivity index (χ1n) is 8.90. The first-order chi connectivity index (χ1) is 13.6. The molecular weight excluding hydrogens is 389 g/mol. The van der Waals surface area contributed by atoms with E-state index in [0.717, 1.165) is 32.5 Å². The number of hydrogen-bond donors (Lipinski definition) is 4. The van der Waals surface area contributed by atoms with E-state index in [9.17, 15) is 23.4 Å². The van der Waals surface area contributed by atoms with Crippen LogP contribution in [-0.4, -0.2) is 45.5 Å². The molecule has 2 aromatic carbocycles. The van der Waals surface area contributed by atoms with Crippen LogP contribution in [0.3, 0.4) is 0 Å². The zero-order valence-corrected chi connectivity index (χ0v) is 15.8. The number of nitrogens with two attached hydrogens (primary N) is 1. The van der Waals surface area contributed by atoms with Crippen LogP contribution in [0.1, 0.15) is 24.0 Å². The van der Waals surface area contributed by atoms with Crippen LogP contribution >= 0.6 is 0 Å². The maximum atomic E-state index is 10.6. The normalized spacial score (nSPS) is 11.1. The van der Waals surface area contributed by atoms with Gasteiger partial charge in [0.25, 0.3) is 0 Å². The highest BCUT2D eigenvalue weighted by atomic mass is 19.4. The van der Waals surface area contributed by atoms with E-state index in [1.807, 2.05) is 24.3 Å². The zero-order valence-electron chi connectivity index (χ0n) is 15.8. The van der Waals surface area contributed by atoms with Crippen molar-refractivity contribution >= 4 is 5.97 Å². The third-order valence-electron chi connectivity index (χ3n) is 3.86. The van der Waals surface area contributed by atoms with Crippen molar-refractivity contribution in [1.29, 1.82) is 0 Å². The summed E-state index contributed by atoms with van der Waals surface area (Å²) in [5.41, 5.74) is 7.92. The van der Waals surface area contributed by atoms with Crippen molar-refractivity contribution in [2.75, 3.05) is 13.1 Å². The van der Waals surface area contributed by atoms with Gasteiger partial charge in [-0.3, -0.25) is 4.90 Å². The van der Waals surface area contributed by atoms with Crippen LogP contribution < -0.4 is 5.73 Å². The second-order valence-electron chi connectivity index (χ2n) is 6.34. The molecule has 0 aliphatic rings. The number of hydrogen-bond acceptors (Lipinski definition) is 5. The number of carboxylic acid groups (broad SMARTS) is 1. The standard InChI is InChI=1S/C18H24N2O2.C2HF3O2/c19-11-1-2-12-20(13-15-3-7-17(21)8-4-15)14-16-5-9-18(22)10-6-16;3-2(4,5)1(6)7/h3-10,21-22H,1-2,11-14,19H2;(H,6,7). The van der Waals surface area contributed by atoms with Crippen LogP contribution in [0.15, 0.2) is 48.5 Å². The van der Waals surface area contributed by atoms with Gasteiger partial charge in [0, 0.05) is 13.1 Å². The van der Waals surface area contributed by atoms with E-state index in [2.05, 4.69) is 4.90 Å². The van der Waals surface area contributed by atoms with Crippen molar-refractivity contribution in [2.45, 2.75) is 32.1 Å². The van der Waals surface area contributed by atoms with E-state index in [0.29, 0.717) is 6.54 Å². The molecule has 0 fully saturated rings. The van der Waals surface area contributed by atoms with Gasteiger partial charge < -0.3 is 21.1 Å². The summed E-state index contributed by atoms with van der Waals surface area (Å²) < 4.78 is 31.7. The number of phenolic OH excluding ortho intramolecular Hbond substituents is 2. The van der Waals surface area contributed by atoms with Crippen molar-refractivity contribution in [1.82, 2.24) is 4.90 Å². The Labute approximate surface area is 167 Å². The molecule has 0 radical (unpaired) electrons. The van der Waals surface area contributed by atoms with Crippen LogP contribution in [-0.2, 0) is 17.9 Å². The van der Waals surface area contributed by atoms with Gasteiger partial charge >= 0.3 is 12.1 Å². The monoisotopic (exact) mass is 414 g/mol. The Morgan fingerprint density at radius 3 is 1.55 bits per heavy atom. The Kier molecular flexibility index (Phi) is 9.98. The lowest BCUT2D eigenvalue weighted by atomic mass is 10.1. The van der Waals surface area contributed by atoms with Crippen molar-refractivity contribution < 1.29 is 33.3 Å². The van der Waals surface area contributed by atoms with E-state index in [1.165, 1.54) is 11.1 Å². The highest BCUT2D eigenvalue weighted by Gasteiger charge is 2.38. The fraction of sp³-hybridized carbons (Fsp3) is 0.350. The Hall–Kier alpha value is -2.78. The predicted octanol–water partition coefficient (Wildman–Crippen LogP) is 3.47. The van der Waals surface area contributed by atoms with Crippen LogP contribution in [0.2, 0.25) is 0 Å². The van der Waals surface area contributed by atoms with Crippen LogP contribution in [0, 0.1) is 0 Å². The molecule has 6 nitrogen and oxygen atoms in total. The number of unbranched alkanes of at least 4 members (excludes halogenated alkanes) is 1. The first-order valence-corrected chi connectivity index (χ1v) is 8.90. The number of aromatic hydroxyl groups is 2. The molecule has 0 spiro atoms. The summed E-state index contributed by atoms with van der Waals surface area (Å²) in [7, 11) is 0. The second kappa shape index (κ2) is 11.9. The minimum Gasteiger partial charge on any atom is -0.508 e. The number of carboxylic acids is 1. The summed E-state index contributed by atoms with van der Waals surface area (Å²) in [5.74, 6) is -2.18. The molecule has 5 N–H and O–H groups in total. The van der Waals surface area contributed by atoms with Crippen LogP contribution in [0.25, 0.3) is 0 Å². The van der Waals surface area contributed by atoms with Gasteiger partial charge in [-0.05, 0) is 61.3 Å². The summed E-state index contributed by atoms with van der Waals surface area (Å²) in [6.07, 6.45) is -3.01. The van der Waals surface area contributed by atoms with E-state index >= 15 is 0 Å². The molecular formula is C20H25F3N2O4. The van der Waals surface area contributed by atoms with Gasteiger partial charge in [-0.25, -0.2) is 4.79 Å². The topological polar surface area (TPSA) is 107 Å². The molecule has 29 heavy (non-hydrogen) atoms. The van der Waals surface area contributed by atoms with Gasteiger partial charge in [0.1, 0.15) is 11.5 Å². The molecule has 0 aliphatic heterocycles. The maximum absolute atomic E-state index is 10.6. The minimum atomic E-state index is -5.08. The molecule has 0 amide bonds. The van der Waals surface area contributed by atoms with Gasteiger partial charge in [0.05, 0.1) is 0 Å². The summed E-state index contributed by atoms with van der Waals surface area (Å²) >= 11 is 0. The van der Waals surface area contributed by atoms with Crippen molar-refractivity contribution in [3.8, 4) is 11.5 Å². The van der Waals surface area contributed by atoms with E-state index in [4.69, 9.17) is 15.6 Å². The molecule has 0 aliphatic carbocycles. The average Bonchev–Trinajstić information content (AvgIpc) is 2.65. The largest absolute Gasteiger partial charge is 0.508 e. The lowest BCUT2D eigenvalue weighted by Gasteiger charge is -2.22. The highest BCUT2D eigenvalue weighted by Crippen LogP contribution is 2.16.